The Morgan fingerprint density at radius 3 is 2.70 bits per heavy atom. The van der Waals surface area contributed by atoms with Crippen molar-refractivity contribution in [1.29, 1.82) is 0 Å². The monoisotopic (exact) mass is 144 g/mol. The number of hydrogen-bond acceptors (Lipinski definition) is 3. The molecule has 0 aliphatic carbocycles. The predicted octanol–water partition coefficient (Wildman–Crippen LogP) is 0.295. The summed E-state index contributed by atoms with van der Waals surface area (Å²) >= 11 is 0. The van der Waals surface area contributed by atoms with Gasteiger partial charge in [0.15, 0.2) is 6.29 Å². The lowest BCUT2D eigenvalue weighted by Crippen LogP contribution is -2.33. The number of methoxy groups -OCH3 is 1. The summed E-state index contributed by atoms with van der Waals surface area (Å²) in [6, 6.07) is 0. The summed E-state index contributed by atoms with van der Waals surface area (Å²) in [6.45, 7) is 1.81. The van der Waals surface area contributed by atoms with E-state index in [2.05, 4.69) is 0 Å². The molecule has 0 amide bonds. The average Bonchev–Trinajstić information content (AvgIpc) is 1.95. The first kappa shape index (κ1) is 7.72. The Bertz CT molecular complexity index is 133. The van der Waals surface area contributed by atoms with Gasteiger partial charge in [-0.3, -0.25) is 0 Å². The molecular formula is C7H12O3. The summed E-state index contributed by atoms with van der Waals surface area (Å²) < 4.78 is 10.1. The zero-order valence-electron chi connectivity index (χ0n) is 6.15. The lowest BCUT2D eigenvalue weighted by molar-refractivity contribution is -0.151. The molecule has 0 bridgehead atoms. The minimum atomic E-state index is -0.494. The summed E-state index contributed by atoms with van der Waals surface area (Å²) in [5.41, 5.74) is 0. The van der Waals surface area contributed by atoms with Crippen LogP contribution in [0.4, 0.5) is 0 Å². The van der Waals surface area contributed by atoms with Crippen LogP contribution >= 0.6 is 0 Å². The standard InChI is InChI=1S/C7H12O3/c1-5-6(8)3-4-7(9-2)10-5/h3-8H,1-2H3. The lowest BCUT2D eigenvalue weighted by Gasteiger charge is -2.25. The Balaban J connectivity index is 2.51. The van der Waals surface area contributed by atoms with Gasteiger partial charge < -0.3 is 14.6 Å². The molecule has 3 unspecified atom stereocenters. The van der Waals surface area contributed by atoms with E-state index in [9.17, 15) is 0 Å². The molecule has 1 N–H and O–H groups in total. The Labute approximate surface area is 60.3 Å². The van der Waals surface area contributed by atoms with Crippen molar-refractivity contribution in [1.82, 2.24) is 0 Å². The molecule has 0 saturated carbocycles. The van der Waals surface area contributed by atoms with Gasteiger partial charge in [0.1, 0.15) is 0 Å². The van der Waals surface area contributed by atoms with E-state index in [0.717, 1.165) is 0 Å². The van der Waals surface area contributed by atoms with Crippen LogP contribution in [0, 0.1) is 0 Å². The average molecular weight is 144 g/mol. The third-order valence-electron chi connectivity index (χ3n) is 1.53. The number of ether oxygens (including phenoxy) is 2. The number of rotatable bonds is 1. The van der Waals surface area contributed by atoms with Crippen LogP contribution in [-0.4, -0.2) is 30.7 Å². The molecule has 0 spiro atoms. The van der Waals surface area contributed by atoms with Crippen molar-refractivity contribution < 1.29 is 14.6 Å². The summed E-state index contributed by atoms with van der Waals surface area (Å²) in [7, 11) is 1.57. The molecule has 1 aliphatic heterocycles. The van der Waals surface area contributed by atoms with Crippen LogP contribution in [0.15, 0.2) is 12.2 Å². The Hall–Kier alpha value is -0.380. The predicted molar refractivity (Wildman–Crippen MR) is 36.5 cm³/mol. The molecular weight excluding hydrogens is 132 g/mol. The zero-order valence-corrected chi connectivity index (χ0v) is 6.15. The van der Waals surface area contributed by atoms with Crippen molar-refractivity contribution in [3.8, 4) is 0 Å². The molecule has 10 heavy (non-hydrogen) atoms. The van der Waals surface area contributed by atoms with Crippen molar-refractivity contribution in [2.75, 3.05) is 7.11 Å². The third-order valence-corrected chi connectivity index (χ3v) is 1.53. The van der Waals surface area contributed by atoms with Crippen molar-refractivity contribution in [2.45, 2.75) is 25.4 Å². The fraction of sp³-hybridized carbons (Fsp3) is 0.714. The van der Waals surface area contributed by atoms with E-state index in [0.29, 0.717) is 0 Å². The van der Waals surface area contributed by atoms with E-state index in [4.69, 9.17) is 14.6 Å². The van der Waals surface area contributed by atoms with Gasteiger partial charge in [0.2, 0.25) is 0 Å². The highest BCUT2D eigenvalue weighted by Crippen LogP contribution is 2.12. The van der Waals surface area contributed by atoms with Crippen LogP contribution in [-0.2, 0) is 9.47 Å². The van der Waals surface area contributed by atoms with Crippen LogP contribution in [0.5, 0.6) is 0 Å². The van der Waals surface area contributed by atoms with Gasteiger partial charge in [-0.1, -0.05) is 6.08 Å². The van der Waals surface area contributed by atoms with Crippen molar-refractivity contribution in [2.24, 2.45) is 0 Å². The van der Waals surface area contributed by atoms with Crippen LogP contribution in [0.3, 0.4) is 0 Å². The van der Waals surface area contributed by atoms with E-state index >= 15 is 0 Å². The molecule has 0 aromatic rings. The highest BCUT2D eigenvalue weighted by atomic mass is 16.7. The number of hydrogen-bond donors (Lipinski definition) is 1. The summed E-state index contributed by atoms with van der Waals surface area (Å²) in [6.07, 6.45) is 2.42. The molecule has 1 aliphatic rings. The smallest absolute Gasteiger partial charge is 0.177 e. The molecule has 1 rings (SSSR count). The molecule has 3 nitrogen and oxygen atoms in total. The van der Waals surface area contributed by atoms with E-state index in [1.165, 1.54) is 0 Å². The van der Waals surface area contributed by atoms with Crippen molar-refractivity contribution in [3.05, 3.63) is 12.2 Å². The van der Waals surface area contributed by atoms with Gasteiger partial charge >= 0.3 is 0 Å². The molecule has 1 heterocycles. The maximum Gasteiger partial charge on any atom is 0.177 e. The summed E-state index contributed by atoms with van der Waals surface area (Å²) in [4.78, 5) is 0. The molecule has 0 fully saturated rings. The molecule has 0 aromatic heterocycles. The quantitative estimate of drug-likeness (QED) is 0.538. The van der Waals surface area contributed by atoms with E-state index < -0.39 is 6.10 Å². The molecule has 0 aromatic carbocycles. The maximum absolute atomic E-state index is 9.12. The van der Waals surface area contributed by atoms with Gasteiger partial charge in [-0.25, -0.2) is 0 Å². The highest BCUT2D eigenvalue weighted by Gasteiger charge is 2.20. The Morgan fingerprint density at radius 1 is 1.50 bits per heavy atom. The Kier molecular flexibility index (Phi) is 2.43. The summed E-state index contributed by atoms with van der Waals surface area (Å²) in [5, 5.41) is 9.12. The van der Waals surface area contributed by atoms with Crippen LogP contribution in [0.1, 0.15) is 6.92 Å². The third kappa shape index (κ3) is 1.56. The van der Waals surface area contributed by atoms with E-state index in [-0.39, 0.29) is 12.4 Å². The fourth-order valence-electron chi connectivity index (χ4n) is 0.833. The van der Waals surface area contributed by atoms with Gasteiger partial charge in [0.05, 0.1) is 12.2 Å². The SMILES string of the molecule is COC1C=CC(O)C(C)O1. The topological polar surface area (TPSA) is 38.7 Å². The minimum Gasteiger partial charge on any atom is -0.386 e. The second-order valence-electron chi connectivity index (χ2n) is 2.32. The minimum absolute atomic E-state index is 0.171. The lowest BCUT2D eigenvalue weighted by atomic mass is 10.2. The van der Waals surface area contributed by atoms with Gasteiger partial charge in [-0.05, 0) is 13.0 Å². The van der Waals surface area contributed by atoms with Crippen molar-refractivity contribution in [3.63, 3.8) is 0 Å². The molecule has 3 heteroatoms. The number of aliphatic hydroxyl groups excluding tert-OH is 1. The number of aliphatic hydroxyl groups is 1. The van der Waals surface area contributed by atoms with Crippen molar-refractivity contribution >= 4 is 0 Å². The second-order valence-corrected chi connectivity index (χ2v) is 2.32. The highest BCUT2D eigenvalue weighted by molar-refractivity contribution is 4.98. The molecule has 0 radical (unpaired) electrons. The fourth-order valence-corrected chi connectivity index (χ4v) is 0.833. The molecule has 3 atom stereocenters. The van der Waals surface area contributed by atoms with Crippen LogP contribution < -0.4 is 0 Å². The van der Waals surface area contributed by atoms with E-state index in [1.54, 1.807) is 26.2 Å². The van der Waals surface area contributed by atoms with Gasteiger partial charge in [-0.2, -0.15) is 0 Å². The normalized spacial score (nSPS) is 40.1. The zero-order chi connectivity index (χ0) is 7.56. The second kappa shape index (κ2) is 3.14. The first-order chi connectivity index (χ1) is 4.74. The maximum atomic E-state index is 9.12. The largest absolute Gasteiger partial charge is 0.386 e. The van der Waals surface area contributed by atoms with Gasteiger partial charge in [0, 0.05) is 7.11 Å². The molecule has 58 valence electrons. The Morgan fingerprint density at radius 2 is 2.20 bits per heavy atom. The van der Waals surface area contributed by atoms with Crippen LogP contribution in [0.2, 0.25) is 0 Å². The van der Waals surface area contributed by atoms with E-state index in [1.807, 2.05) is 0 Å². The molecule has 0 saturated heterocycles. The van der Waals surface area contributed by atoms with Crippen LogP contribution in [0.25, 0.3) is 0 Å². The first-order valence-corrected chi connectivity index (χ1v) is 3.28. The van der Waals surface area contributed by atoms with Gasteiger partial charge in [0.25, 0.3) is 0 Å². The first-order valence-electron chi connectivity index (χ1n) is 3.28. The van der Waals surface area contributed by atoms with Gasteiger partial charge in [-0.15, -0.1) is 0 Å². The summed E-state index contributed by atoms with van der Waals surface area (Å²) in [5.74, 6) is 0.